The van der Waals surface area contributed by atoms with E-state index in [1.54, 1.807) is 13.8 Å². The first-order chi connectivity index (χ1) is 10.7. The van der Waals surface area contributed by atoms with E-state index in [4.69, 9.17) is 4.74 Å². The van der Waals surface area contributed by atoms with Crippen molar-refractivity contribution in [2.45, 2.75) is 45.8 Å². The van der Waals surface area contributed by atoms with Gasteiger partial charge in [-0.3, -0.25) is 0 Å². The molecule has 132 valence electrons. The molecule has 7 heteroatoms. The van der Waals surface area contributed by atoms with Gasteiger partial charge >= 0.3 is 6.18 Å². The second-order valence-corrected chi connectivity index (χ2v) is 5.30. The SMILES string of the molecule is CC.CC(C)c1c(F)cc(N2CCOCC2C(F)(F)F)cc1F. The summed E-state index contributed by atoms with van der Waals surface area (Å²) in [5.41, 5.74) is -0.226. The zero-order chi connectivity index (χ0) is 17.8. The first-order valence-electron chi connectivity index (χ1n) is 7.62. The largest absolute Gasteiger partial charge is 0.411 e. The molecule has 1 aromatic rings. The van der Waals surface area contributed by atoms with Crippen LogP contribution < -0.4 is 4.90 Å². The van der Waals surface area contributed by atoms with Crippen LogP contribution in [0.5, 0.6) is 0 Å². The minimum absolute atomic E-state index is 0.0654. The molecule has 1 aliphatic rings. The molecule has 0 saturated carbocycles. The first kappa shape index (κ1) is 19.7. The molecule has 1 fully saturated rings. The van der Waals surface area contributed by atoms with Crippen molar-refractivity contribution in [1.29, 1.82) is 0 Å². The lowest BCUT2D eigenvalue weighted by molar-refractivity contribution is -0.167. The average molecular weight is 339 g/mol. The summed E-state index contributed by atoms with van der Waals surface area (Å²) in [6.45, 7) is 6.72. The number of anilines is 1. The highest BCUT2D eigenvalue weighted by Crippen LogP contribution is 2.33. The maximum Gasteiger partial charge on any atom is 0.411 e. The van der Waals surface area contributed by atoms with Crippen LogP contribution in [0, 0.1) is 11.6 Å². The van der Waals surface area contributed by atoms with Crippen molar-refractivity contribution >= 4 is 5.69 Å². The zero-order valence-corrected chi connectivity index (χ0v) is 13.7. The monoisotopic (exact) mass is 339 g/mol. The van der Waals surface area contributed by atoms with Crippen molar-refractivity contribution in [3.8, 4) is 0 Å². The summed E-state index contributed by atoms with van der Waals surface area (Å²) >= 11 is 0. The van der Waals surface area contributed by atoms with Gasteiger partial charge in [-0.2, -0.15) is 13.2 Å². The number of nitrogens with zero attached hydrogens (tertiary/aromatic N) is 1. The number of alkyl halides is 3. The second-order valence-electron chi connectivity index (χ2n) is 5.30. The molecule has 0 radical (unpaired) electrons. The molecule has 0 amide bonds. The predicted octanol–water partition coefficient (Wildman–Crippen LogP) is 4.88. The number of ether oxygens (including phenoxy) is 1. The maximum atomic E-state index is 14.0. The topological polar surface area (TPSA) is 12.5 Å². The second kappa shape index (κ2) is 7.95. The highest BCUT2D eigenvalue weighted by atomic mass is 19.4. The van der Waals surface area contributed by atoms with Crippen LogP contribution in [0.3, 0.4) is 0 Å². The van der Waals surface area contributed by atoms with E-state index in [1.807, 2.05) is 13.8 Å². The molecular formula is C16H22F5NO. The van der Waals surface area contributed by atoms with Gasteiger partial charge in [0.2, 0.25) is 0 Å². The summed E-state index contributed by atoms with van der Waals surface area (Å²) in [6.07, 6.45) is -4.52. The Morgan fingerprint density at radius 2 is 1.65 bits per heavy atom. The number of hydrogen-bond acceptors (Lipinski definition) is 2. The van der Waals surface area contributed by atoms with Gasteiger partial charge in [0.15, 0.2) is 0 Å². The van der Waals surface area contributed by atoms with Crippen molar-refractivity contribution in [1.82, 2.24) is 0 Å². The van der Waals surface area contributed by atoms with Crippen LogP contribution in [0.25, 0.3) is 0 Å². The molecule has 2 rings (SSSR count). The Bertz CT molecular complexity index is 493. The van der Waals surface area contributed by atoms with Gasteiger partial charge in [0.1, 0.15) is 17.7 Å². The molecule has 1 aromatic carbocycles. The van der Waals surface area contributed by atoms with Crippen LogP contribution in [0.1, 0.15) is 39.2 Å². The van der Waals surface area contributed by atoms with Crippen molar-refractivity contribution < 1.29 is 26.7 Å². The Kier molecular flexibility index (Phi) is 6.80. The Morgan fingerprint density at radius 3 is 2.09 bits per heavy atom. The van der Waals surface area contributed by atoms with Crippen molar-refractivity contribution in [2.75, 3.05) is 24.7 Å². The van der Waals surface area contributed by atoms with Gasteiger partial charge in [0, 0.05) is 17.8 Å². The third kappa shape index (κ3) is 4.56. The van der Waals surface area contributed by atoms with E-state index in [0.717, 1.165) is 17.0 Å². The van der Waals surface area contributed by atoms with Crippen molar-refractivity contribution in [2.24, 2.45) is 0 Å². The number of halogens is 5. The molecule has 1 aliphatic heterocycles. The minimum Gasteiger partial charge on any atom is -0.377 e. The molecule has 0 N–H and O–H groups in total. The summed E-state index contributed by atoms with van der Waals surface area (Å²) in [5.74, 6) is -2.04. The smallest absolute Gasteiger partial charge is 0.377 e. The fourth-order valence-electron chi connectivity index (χ4n) is 2.47. The molecule has 1 saturated heterocycles. The van der Waals surface area contributed by atoms with Crippen LogP contribution in [-0.4, -0.2) is 32.0 Å². The van der Waals surface area contributed by atoms with E-state index < -0.39 is 30.5 Å². The predicted molar refractivity (Wildman–Crippen MR) is 79.8 cm³/mol. The summed E-state index contributed by atoms with van der Waals surface area (Å²) < 4.78 is 71.7. The van der Waals surface area contributed by atoms with Crippen LogP contribution in [0.2, 0.25) is 0 Å². The van der Waals surface area contributed by atoms with Crippen LogP contribution in [0.4, 0.5) is 27.6 Å². The first-order valence-corrected chi connectivity index (χ1v) is 7.62. The Balaban J connectivity index is 0.00000127. The van der Waals surface area contributed by atoms with Gasteiger partial charge in [0.05, 0.1) is 13.2 Å². The molecule has 0 aromatic heterocycles. The van der Waals surface area contributed by atoms with Crippen molar-refractivity contribution in [3.63, 3.8) is 0 Å². The van der Waals surface area contributed by atoms with E-state index in [2.05, 4.69) is 0 Å². The van der Waals surface area contributed by atoms with Gasteiger partial charge in [-0.25, -0.2) is 8.78 Å². The Labute approximate surface area is 133 Å². The van der Waals surface area contributed by atoms with Crippen LogP contribution in [-0.2, 0) is 4.74 Å². The van der Waals surface area contributed by atoms with E-state index in [9.17, 15) is 22.0 Å². The Morgan fingerprint density at radius 1 is 1.13 bits per heavy atom. The molecule has 23 heavy (non-hydrogen) atoms. The fraction of sp³-hybridized carbons (Fsp3) is 0.625. The minimum atomic E-state index is -4.52. The number of rotatable bonds is 2. The van der Waals surface area contributed by atoms with E-state index >= 15 is 0 Å². The van der Waals surface area contributed by atoms with Gasteiger partial charge in [-0.05, 0) is 18.1 Å². The molecule has 0 bridgehead atoms. The summed E-state index contributed by atoms with van der Waals surface area (Å²) in [7, 11) is 0. The lowest BCUT2D eigenvalue weighted by Crippen LogP contribution is -2.53. The van der Waals surface area contributed by atoms with E-state index in [1.165, 1.54) is 0 Å². The van der Waals surface area contributed by atoms with Crippen LogP contribution in [0.15, 0.2) is 12.1 Å². The third-order valence-corrected chi connectivity index (χ3v) is 3.48. The molecule has 1 heterocycles. The number of morpholine rings is 1. The quantitative estimate of drug-likeness (QED) is 0.712. The van der Waals surface area contributed by atoms with Gasteiger partial charge < -0.3 is 9.64 Å². The van der Waals surface area contributed by atoms with Crippen LogP contribution >= 0.6 is 0 Å². The van der Waals surface area contributed by atoms with Gasteiger partial charge in [-0.1, -0.05) is 27.7 Å². The summed E-state index contributed by atoms with van der Waals surface area (Å²) in [5, 5.41) is 0. The fourth-order valence-corrected chi connectivity index (χ4v) is 2.47. The highest BCUT2D eigenvalue weighted by Gasteiger charge is 2.45. The zero-order valence-electron chi connectivity index (χ0n) is 13.7. The molecule has 1 atom stereocenters. The normalized spacial score (nSPS) is 18.7. The highest BCUT2D eigenvalue weighted by molar-refractivity contribution is 5.51. The lowest BCUT2D eigenvalue weighted by Gasteiger charge is -2.38. The molecule has 2 nitrogen and oxygen atoms in total. The number of hydrogen-bond donors (Lipinski definition) is 0. The molecule has 0 aliphatic carbocycles. The number of benzene rings is 1. The molecular weight excluding hydrogens is 317 g/mol. The average Bonchev–Trinajstić information content (AvgIpc) is 2.47. The summed E-state index contributed by atoms with van der Waals surface area (Å²) in [6, 6.07) is 0.0280. The molecule has 0 spiro atoms. The van der Waals surface area contributed by atoms with Crippen molar-refractivity contribution in [3.05, 3.63) is 29.3 Å². The van der Waals surface area contributed by atoms with E-state index in [0.29, 0.717) is 0 Å². The van der Waals surface area contributed by atoms with Gasteiger partial charge in [0.25, 0.3) is 0 Å². The molecule has 1 unspecified atom stereocenters. The lowest BCUT2D eigenvalue weighted by atomic mass is 10.0. The van der Waals surface area contributed by atoms with E-state index in [-0.39, 0.29) is 30.3 Å². The maximum absolute atomic E-state index is 14.0. The summed E-state index contributed by atoms with van der Waals surface area (Å²) in [4.78, 5) is 0.944. The van der Waals surface area contributed by atoms with Gasteiger partial charge in [-0.15, -0.1) is 0 Å². The standard InChI is InChI=1S/C14H16F5NO.C2H6/c1-8(2)13-10(15)5-9(6-11(13)16)20-3-4-21-7-12(20)14(17,18)19;1-2/h5-6,8,12H,3-4,7H2,1-2H3;1-2H3. The Hall–Kier alpha value is -1.37. The third-order valence-electron chi connectivity index (χ3n) is 3.48.